The van der Waals surface area contributed by atoms with E-state index < -0.39 is 0 Å². The van der Waals surface area contributed by atoms with Crippen LogP contribution in [0.1, 0.15) is 30.1 Å². The lowest BCUT2D eigenvalue weighted by atomic mass is 10.1. The van der Waals surface area contributed by atoms with E-state index in [-0.39, 0.29) is 5.91 Å². The molecule has 0 aliphatic carbocycles. The third-order valence-electron chi connectivity index (χ3n) is 4.69. The molecule has 1 aliphatic rings. The number of hydrogen-bond donors (Lipinski definition) is 1. The Morgan fingerprint density at radius 3 is 2.50 bits per heavy atom. The summed E-state index contributed by atoms with van der Waals surface area (Å²) in [5.74, 6) is 1.32. The highest BCUT2D eigenvalue weighted by Crippen LogP contribution is 2.31. The van der Waals surface area contributed by atoms with Crippen molar-refractivity contribution in [2.45, 2.75) is 19.8 Å². The minimum Gasteiger partial charge on any atom is -0.497 e. The van der Waals surface area contributed by atoms with Gasteiger partial charge in [0, 0.05) is 24.7 Å². The molecule has 6 heteroatoms. The van der Waals surface area contributed by atoms with Crippen molar-refractivity contribution in [1.29, 1.82) is 0 Å². The molecule has 1 fully saturated rings. The SMILES string of the molecule is CCCCOc1ccc(C(=O)Nc2cc(OC)ccc2N2CCOCC2)cc1. The Bertz CT molecular complexity index is 771. The van der Waals surface area contributed by atoms with Crippen LogP contribution in [0.3, 0.4) is 0 Å². The normalized spacial score (nSPS) is 13.9. The first-order chi connectivity index (χ1) is 13.7. The number of methoxy groups -OCH3 is 1. The van der Waals surface area contributed by atoms with Gasteiger partial charge in [-0.05, 0) is 42.8 Å². The van der Waals surface area contributed by atoms with E-state index >= 15 is 0 Å². The van der Waals surface area contributed by atoms with E-state index in [1.807, 2.05) is 30.3 Å². The molecule has 0 saturated carbocycles. The van der Waals surface area contributed by atoms with Gasteiger partial charge in [0.1, 0.15) is 11.5 Å². The molecule has 6 nitrogen and oxygen atoms in total. The van der Waals surface area contributed by atoms with Crippen LogP contribution in [0.4, 0.5) is 11.4 Å². The van der Waals surface area contributed by atoms with Gasteiger partial charge < -0.3 is 24.4 Å². The van der Waals surface area contributed by atoms with E-state index in [9.17, 15) is 4.79 Å². The van der Waals surface area contributed by atoms with Gasteiger partial charge in [-0.3, -0.25) is 4.79 Å². The largest absolute Gasteiger partial charge is 0.497 e. The fraction of sp³-hybridized carbons (Fsp3) is 0.409. The van der Waals surface area contributed by atoms with Crippen molar-refractivity contribution in [3.05, 3.63) is 48.0 Å². The van der Waals surface area contributed by atoms with Crippen LogP contribution in [0.5, 0.6) is 11.5 Å². The quantitative estimate of drug-likeness (QED) is 0.698. The topological polar surface area (TPSA) is 60.0 Å². The van der Waals surface area contributed by atoms with Crippen LogP contribution in [0.2, 0.25) is 0 Å². The number of amides is 1. The molecular weight excluding hydrogens is 356 g/mol. The Hall–Kier alpha value is -2.73. The predicted octanol–water partition coefficient (Wildman–Crippen LogP) is 3.96. The van der Waals surface area contributed by atoms with E-state index in [1.165, 1.54) is 0 Å². The molecule has 28 heavy (non-hydrogen) atoms. The summed E-state index contributed by atoms with van der Waals surface area (Å²) in [6.45, 7) is 5.76. The summed E-state index contributed by atoms with van der Waals surface area (Å²) in [5.41, 5.74) is 2.28. The molecule has 1 saturated heterocycles. The maximum atomic E-state index is 12.8. The van der Waals surface area contributed by atoms with Crippen LogP contribution < -0.4 is 19.7 Å². The van der Waals surface area contributed by atoms with Crippen molar-refractivity contribution in [3.63, 3.8) is 0 Å². The zero-order valence-corrected chi connectivity index (χ0v) is 16.6. The Kier molecular flexibility index (Phi) is 7.14. The van der Waals surface area contributed by atoms with Crippen LogP contribution in [0.25, 0.3) is 0 Å². The molecule has 0 aromatic heterocycles. The van der Waals surface area contributed by atoms with Gasteiger partial charge in [0.15, 0.2) is 0 Å². The summed E-state index contributed by atoms with van der Waals surface area (Å²) in [5, 5.41) is 3.03. The van der Waals surface area contributed by atoms with Crippen molar-refractivity contribution in [2.75, 3.05) is 50.2 Å². The van der Waals surface area contributed by atoms with Gasteiger partial charge in [0.2, 0.25) is 0 Å². The first-order valence-electron chi connectivity index (χ1n) is 9.76. The van der Waals surface area contributed by atoms with Gasteiger partial charge >= 0.3 is 0 Å². The summed E-state index contributed by atoms with van der Waals surface area (Å²) in [6.07, 6.45) is 2.11. The summed E-state index contributed by atoms with van der Waals surface area (Å²) in [4.78, 5) is 15.0. The average Bonchev–Trinajstić information content (AvgIpc) is 2.75. The Morgan fingerprint density at radius 1 is 1.11 bits per heavy atom. The van der Waals surface area contributed by atoms with Crippen molar-refractivity contribution in [3.8, 4) is 11.5 Å². The second-order valence-electron chi connectivity index (χ2n) is 6.66. The lowest BCUT2D eigenvalue weighted by Gasteiger charge is -2.30. The van der Waals surface area contributed by atoms with Crippen LogP contribution in [0, 0.1) is 0 Å². The number of hydrogen-bond acceptors (Lipinski definition) is 5. The first kappa shape index (κ1) is 20.0. The van der Waals surface area contributed by atoms with Gasteiger partial charge in [-0.2, -0.15) is 0 Å². The fourth-order valence-electron chi connectivity index (χ4n) is 3.05. The summed E-state index contributed by atoms with van der Waals surface area (Å²) < 4.78 is 16.4. The highest BCUT2D eigenvalue weighted by molar-refractivity contribution is 6.06. The highest BCUT2D eigenvalue weighted by atomic mass is 16.5. The molecule has 1 amide bonds. The lowest BCUT2D eigenvalue weighted by Crippen LogP contribution is -2.36. The molecule has 3 rings (SSSR count). The molecule has 150 valence electrons. The van der Waals surface area contributed by atoms with Gasteiger partial charge in [0.25, 0.3) is 5.91 Å². The van der Waals surface area contributed by atoms with Gasteiger partial charge in [-0.1, -0.05) is 13.3 Å². The first-order valence-corrected chi connectivity index (χ1v) is 9.76. The Morgan fingerprint density at radius 2 is 1.82 bits per heavy atom. The third kappa shape index (κ3) is 5.16. The van der Waals surface area contributed by atoms with Crippen LogP contribution in [-0.2, 0) is 4.74 Å². The maximum absolute atomic E-state index is 12.8. The second kappa shape index (κ2) is 9.99. The second-order valence-corrected chi connectivity index (χ2v) is 6.66. The van der Waals surface area contributed by atoms with Gasteiger partial charge in [0.05, 0.1) is 38.3 Å². The van der Waals surface area contributed by atoms with E-state index in [0.29, 0.717) is 31.1 Å². The molecule has 1 heterocycles. The minimum atomic E-state index is -0.164. The number of carbonyl (C=O) groups excluding carboxylic acids is 1. The van der Waals surface area contributed by atoms with Crippen molar-refractivity contribution in [1.82, 2.24) is 0 Å². The van der Waals surface area contributed by atoms with Gasteiger partial charge in [-0.15, -0.1) is 0 Å². The molecule has 1 N–H and O–H groups in total. The maximum Gasteiger partial charge on any atom is 0.255 e. The monoisotopic (exact) mass is 384 g/mol. The predicted molar refractivity (Wildman–Crippen MR) is 111 cm³/mol. The zero-order chi connectivity index (χ0) is 19.8. The number of benzene rings is 2. The summed E-state index contributed by atoms with van der Waals surface area (Å²) >= 11 is 0. The van der Waals surface area contributed by atoms with Crippen molar-refractivity contribution < 1.29 is 19.0 Å². The molecule has 1 aliphatic heterocycles. The van der Waals surface area contributed by atoms with Crippen LogP contribution in [-0.4, -0.2) is 45.9 Å². The smallest absolute Gasteiger partial charge is 0.255 e. The van der Waals surface area contributed by atoms with Crippen molar-refractivity contribution in [2.24, 2.45) is 0 Å². The standard InChI is InChI=1S/C22H28N2O4/c1-3-4-13-28-18-7-5-17(6-8-18)22(25)23-20-16-19(26-2)9-10-21(20)24-11-14-27-15-12-24/h5-10,16H,3-4,11-15H2,1-2H3,(H,23,25). The summed E-state index contributed by atoms with van der Waals surface area (Å²) in [7, 11) is 1.62. The van der Waals surface area contributed by atoms with E-state index in [4.69, 9.17) is 14.2 Å². The molecule has 0 atom stereocenters. The van der Waals surface area contributed by atoms with E-state index in [0.717, 1.165) is 43.1 Å². The number of morpholine rings is 1. The fourth-order valence-corrected chi connectivity index (χ4v) is 3.05. The molecular formula is C22H28N2O4. The molecule has 2 aromatic carbocycles. The van der Waals surface area contributed by atoms with Crippen LogP contribution >= 0.6 is 0 Å². The Balaban J connectivity index is 1.73. The molecule has 0 unspecified atom stereocenters. The number of unbranched alkanes of at least 4 members (excludes halogenated alkanes) is 1. The van der Waals surface area contributed by atoms with Gasteiger partial charge in [-0.25, -0.2) is 0 Å². The highest BCUT2D eigenvalue weighted by Gasteiger charge is 2.17. The zero-order valence-electron chi connectivity index (χ0n) is 16.6. The molecule has 0 spiro atoms. The van der Waals surface area contributed by atoms with Crippen molar-refractivity contribution >= 4 is 17.3 Å². The van der Waals surface area contributed by atoms with E-state index in [2.05, 4.69) is 17.1 Å². The number of nitrogens with one attached hydrogen (secondary N) is 1. The van der Waals surface area contributed by atoms with Crippen LogP contribution in [0.15, 0.2) is 42.5 Å². The minimum absolute atomic E-state index is 0.164. The number of nitrogens with zero attached hydrogens (tertiary/aromatic N) is 1. The number of rotatable bonds is 8. The average molecular weight is 384 g/mol. The lowest BCUT2D eigenvalue weighted by molar-refractivity contribution is 0.102. The number of anilines is 2. The number of carbonyl (C=O) groups is 1. The number of ether oxygens (including phenoxy) is 3. The molecule has 2 aromatic rings. The summed E-state index contributed by atoms with van der Waals surface area (Å²) in [6, 6.07) is 13.0. The molecule has 0 bridgehead atoms. The molecule has 0 radical (unpaired) electrons. The third-order valence-corrected chi connectivity index (χ3v) is 4.69. The Labute approximate surface area is 166 Å². The van der Waals surface area contributed by atoms with E-state index in [1.54, 1.807) is 19.2 Å².